The van der Waals surface area contributed by atoms with E-state index >= 15 is 0 Å². The van der Waals surface area contributed by atoms with E-state index in [2.05, 4.69) is 0 Å². The van der Waals surface area contributed by atoms with Crippen LogP contribution in [0.1, 0.15) is 6.92 Å². The summed E-state index contributed by atoms with van der Waals surface area (Å²) in [4.78, 5) is 0. The van der Waals surface area contributed by atoms with E-state index in [1.165, 1.54) is 0 Å². The number of hydrogen-bond acceptors (Lipinski definition) is 3. The summed E-state index contributed by atoms with van der Waals surface area (Å²) in [5, 5.41) is 0. The van der Waals surface area contributed by atoms with Gasteiger partial charge in [0.1, 0.15) is 5.76 Å². The molecule has 0 bridgehead atoms. The molecule has 62 valence electrons. The van der Waals surface area contributed by atoms with Gasteiger partial charge in [0.15, 0.2) is 0 Å². The van der Waals surface area contributed by atoms with E-state index in [1.807, 2.05) is 25.2 Å². The van der Waals surface area contributed by atoms with Crippen LogP contribution in [0.3, 0.4) is 0 Å². The number of hydrogen-bond donors (Lipinski definition) is 2. The fourth-order valence-electron chi connectivity index (χ4n) is 0.921. The first kappa shape index (κ1) is 8.30. The van der Waals surface area contributed by atoms with Crippen molar-refractivity contribution < 1.29 is 4.74 Å². The van der Waals surface area contributed by atoms with Crippen LogP contribution in [0.5, 0.6) is 0 Å². The minimum Gasteiger partial charge on any atom is -0.497 e. The zero-order chi connectivity index (χ0) is 8.48. The molecular formula is C8H14N2O. The van der Waals surface area contributed by atoms with Gasteiger partial charge in [-0.25, -0.2) is 0 Å². The summed E-state index contributed by atoms with van der Waals surface area (Å²) < 4.78 is 4.99. The van der Waals surface area contributed by atoms with E-state index in [0.29, 0.717) is 0 Å². The summed E-state index contributed by atoms with van der Waals surface area (Å²) in [5.41, 5.74) is 11.1. The molecule has 0 aromatic carbocycles. The maximum absolute atomic E-state index is 5.83. The lowest BCUT2D eigenvalue weighted by Crippen LogP contribution is -2.51. The van der Waals surface area contributed by atoms with E-state index in [1.54, 1.807) is 7.11 Å². The zero-order valence-electron chi connectivity index (χ0n) is 6.87. The molecule has 0 aliphatic heterocycles. The molecule has 0 saturated carbocycles. The molecule has 1 aliphatic carbocycles. The Morgan fingerprint density at radius 1 is 1.64 bits per heavy atom. The Morgan fingerprint density at radius 3 is 2.73 bits per heavy atom. The number of rotatable bonds is 1. The second-order valence-electron chi connectivity index (χ2n) is 3.00. The van der Waals surface area contributed by atoms with Crippen molar-refractivity contribution in [3.63, 3.8) is 0 Å². The molecule has 0 amide bonds. The Balaban J connectivity index is 2.80. The third-order valence-corrected chi connectivity index (χ3v) is 1.90. The number of nitrogens with two attached hydrogens (primary N) is 2. The first-order valence-corrected chi connectivity index (χ1v) is 3.56. The quantitative estimate of drug-likeness (QED) is 0.564. The Hall–Kier alpha value is -0.800. The molecule has 3 nitrogen and oxygen atoms in total. The van der Waals surface area contributed by atoms with Crippen LogP contribution in [0.2, 0.25) is 0 Å². The van der Waals surface area contributed by atoms with Crippen LogP contribution in [-0.2, 0) is 4.74 Å². The van der Waals surface area contributed by atoms with Crippen LogP contribution in [0.15, 0.2) is 24.0 Å². The number of ether oxygens (including phenoxy) is 1. The van der Waals surface area contributed by atoms with Crippen LogP contribution in [0, 0.1) is 0 Å². The highest BCUT2D eigenvalue weighted by atomic mass is 16.5. The van der Waals surface area contributed by atoms with Gasteiger partial charge in [0.05, 0.1) is 12.6 Å². The first-order valence-electron chi connectivity index (χ1n) is 3.56. The molecule has 0 spiro atoms. The van der Waals surface area contributed by atoms with Crippen LogP contribution in [0.25, 0.3) is 0 Å². The molecule has 0 aromatic heterocycles. The highest BCUT2D eigenvalue weighted by Gasteiger charge is 2.25. The summed E-state index contributed by atoms with van der Waals surface area (Å²) in [7, 11) is 1.61. The largest absolute Gasteiger partial charge is 0.497 e. The van der Waals surface area contributed by atoms with E-state index in [-0.39, 0.29) is 6.04 Å². The van der Waals surface area contributed by atoms with E-state index in [0.717, 1.165) is 5.76 Å². The third-order valence-electron chi connectivity index (χ3n) is 1.90. The van der Waals surface area contributed by atoms with Crippen molar-refractivity contribution in [1.82, 2.24) is 0 Å². The Labute approximate surface area is 66.7 Å². The zero-order valence-corrected chi connectivity index (χ0v) is 6.87. The topological polar surface area (TPSA) is 61.3 Å². The highest BCUT2D eigenvalue weighted by molar-refractivity contribution is 5.29. The molecule has 0 fully saturated rings. The summed E-state index contributed by atoms with van der Waals surface area (Å²) in [6.45, 7) is 1.89. The van der Waals surface area contributed by atoms with Gasteiger partial charge >= 0.3 is 0 Å². The monoisotopic (exact) mass is 154 g/mol. The summed E-state index contributed by atoms with van der Waals surface area (Å²) in [5.74, 6) is 0.778. The lowest BCUT2D eigenvalue weighted by Gasteiger charge is -2.29. The van der Waals surface area contributed by atoms with Crippen molar-refractivity contribution in [2.75, 3.05) is 7.11 Å². The maximum atomic E-state index is 5.83. The molecule has 2 atom stereocenters. The molecule has 0 aromatic rings. The van der Waals surface area contributed by atoms with Gasteiger partial charge < -0.3 is 16.2 Å². The van der Waals surface area contributed by atoms with Crippen LogP contribution in [-0.4, -0.2) is 18.7 Å². The third kappa shape index (κ3) is 1.61. The van der Waals surface area contributed by atoms with Gasteiger partial charge in [0, 0.05) is 6.04 Å². The molecule has 2 unspecified atom stereocenters. The van der Waals surface area contributed by atoms with E-state index < -0.39 is 5.54 Å². The van der Waals surface area contributed by atoms with Crippen LogP contribution < -0.4 is 11.5 Å². The Morgan fingerprint density at radius 2 is 2.27 bits per heavy atom. The van der Waals surface area contributed by atoms with Crippen molar-refractivity contribution in [1.29, 1.82) is 0 Å². The van der Waals surface area contributed by atoms with Crippen molar-refractivity contribution in [2.24, 2.45) is 11.5 Å². The lowest BCUT2D eigenvalue weighted by atomic mass is 9.89. The van der Waals surface area contributed by atoms with Gasteiger partial charge in [0.25, 0.3) is 0 Å². The van der Waals surface area contributed by atoms with Crippen molar-refractivity contribution in [3.05, 3.63) is 24.0 Å². The van der Waals surface area contributed by atoms with Gasteiger partial charge in [-0.3, -0.25) is 0 Å². The average molecular weight is 154 g/mol. The fourth-order valence-corrected chi connectivity index (χ4v) is 0.921. The van der Waals surface area contributed by atoms with Crippen LogP contribution in [0.4, 0.5) is 0 Å². The molecule has 0 heterocycles. The molecule has 3 heteroatoms. The SMILES string of the molecule is COC1=CC(N)C(C)(N)C=C1. The molecule has 1 rings (SSSR count). The summed E-state index contributed by atoms with van der Waals surface area (Å²) >= 11 is 0. The molecule has 11 heavy (non-hydrogen) atoms. The van der Waals surface area contributed by atoms with Crippen LogP contribution >= 0.6 is 0 Å². The second kappa shape index (κ2) is 2.68. The van der Waals surface area contributed by atoms with Gasteiger partial charge in [0.2, 0.25) is 0 Å². The summed E-state index contributed by atoms with van der Waals surface area (Å²) in [6.07, 6.45) is 5.51. The fraction of sp³-hybridized carbons (Fsp3) is 0.500. The van der Waals surface area contributed by atoms with Crippen molar-refractivity contribution in [3.8, 4) is 0 Å². The van der Waals surface area contributed by atoms with Gasteiger partial charge in [-0.1, -0.05) is 6.08 Å². The van der Waals surface area contributed by atoms with Crippen molar-refractivity contribution >= 4 is 0 Å². The maximum Gasteiger partial charge on any atom is 0.116 e. The molecule has 0 saturated heterocycles. The smallest absolute Gasteiger partial charge is 0.116 e. The molecular weight excluding hydrogens is 140 g/mol. The van der Waals surface area contributed by atoms with Crippen molar-refractivity contribution in [2.45, 2.75) is 18.5 Å². The molecule has 4 N–H and O–H groups in total. The number of allylic oxidation sites excluding steroid dienone is 1. The first-order chi connectivity index (χ1) is 5.06. The van der Waals surface area contributed by atoms with E-state index in [9.17, 15) is 0 Å². The average Bonchev–Trinajstić information content (AvgIpc) is 1.95. The molecule has 1 aliphatic rings. The summed E-state index contributed by atoms with van der Waals surface area (Å²) in [6, 6.07) is -0.164. The lowest BCUT2D eigenvalue weighted by molar-refractivity contribution is 0.297. The minimum absolute atomic E-state index is 0.164. The Kier molecular flexibility index (Phi) is 2.02. The molecule has 0 radical (unpaired) electrons. The minimum atomic E-state index is -0.442. The van der Waals surface area contributed by atoms with E-state index in [4.69, 9.17) is 16.2 Å². The predicted molar refractivity (Wildman–Crippen MR) is 44.8 cm³/mol. The Bertz CT molecular complexity index is 206. The number of methoxy groups -OCH3 is 1. The van der Waals surface area contributed by atoms with Gasteiger partial charge in [-0.05, 0) is 19.1 Å². The standard InChI is InChI=1S/C8H14N2O/c1-8(10)4-3-6(11-2)5-7(8)9/h3-5,7H,9-10H2,1-2H3. The highest BCUT2D eigenvalue weighted by Crippen LogP contribution is 2.16. The predicted octanol–water partition coefficient (Wildman–Crippen LogP) is 0.131. The normalized spacial score (nSPS) is 36.7. The second-order valence-corrected chi connectivity index (χ2v) is 3.00. The van der Waals surface area contributed by atoms with Gasteiger partial charge in [-0.15, -0.1) is 0 Å². The van der Waals surface area contributed by atoms with Gasteiger partial charge in [-0.2, -0.15) is 0 Å².